The van der Waals surface area contributed by atoms with Gasteiger partial charge in [0.1, 0.15) is 5.41 Å². The van der Waals surface area contributed by atoms with Crippen molar-refractivity contribution < 1.29 is 9.59 Å². The van der Waals surface area contributed by atoms with E-state index in [0.717, 1.165) is 12.0 Å². The zero-order valence-electron chi connectivity index (χ0n) is 12.8. The second kappa shape index (κ2) is 8.37. The lowest BCUT2D eigenvalue weighted by Gasteiger charge is -2.28. The fourth-order valence-corrected chi connectivity index (χ4v) is 4.92. The van der Waals surface area contributed by atoms with Gasteiger partial charge in [0.2, 0.25) is 7.58 Å². The molecule has 1 unspecified atom stereocenters. The number of hydrogen-bond donors (Lipinski definition) is 0. The van der Waals surface area contributed by atoms with Crippen LogP contribution < -0.4 is 0 Å². The average molecular weight is 532 g/mol. The first-order valence-electron chi connectivity index (χ1n) is 7.49. The van der Waals surface area contributed by atoms with Gasteiger partial charge in [-0.3, -0.25) is 9.59 Å². The lowest BCUT2D eigenvalue weighted by molar-refractivity contribution is -0.123. The van der Waals surface area contributed by atoms with Gasteiger partial charge in [0, 0.05) is 45.2 Å². The topological polar surface area (TPSA) is 34.1 Å². The molecule has 23 heavy (non-hydrogen) atoms. The molecular weight excluding hydrogens is 514 g/mol. The number of rotatable bonds is 7. The Hall–Kier alpha value is -0.760. The molecule has 2 aromatic rings. The first kappa shape index (κ1) is 18.6. The van der Waals surface area contributed by atoms with Crippen LogP contribution in [-0.2, 0) is 15.0 Å². The van der Waals surface area contributed by atoms with Gasteiger partial charge in [0.25, 0.3) is 0 Å². The highest BCUT2D eigenvalue weighted by Gasteiger charge is 2.44. The summed E-state index contributed by atoms with van der Waals surface area (Å²) in [4.78, 5) is 24.8. The molecule has 2 nitrogen and oxygen atoms in total. The summed E-state index contributed by atoms with van der Waals surface area (Å²) in [6.45, 7) is 2.14. The van der Waals surface area contributed by atoms with Crippen molar-refractivity contribution in [2.45, 2.75) is 31.1 Å². The van der Waals surface area contributed by atoms with Crippen LogP contribution in [0.1, 0.15) is 36.8 Å². The minimum Gasteiger partial charge on any atom is -0.286 e. The van der Waals surface area contributed by atoms with Gasteiger partial charge in [-0.15, -0.1) is 0 Å². The third-order valence-electron chi connectivity index (χ3n) is 4.26. The Morgan fingerprint density at radius 3 is 1.87 bits per heavy atom. The van der Waals surface area contributed by atoms with Crippen molar-refractivity contribution in [1.82, 2.24) is 0 Å². The molecule has 0 N–H and O–H groups in total. The van der Waals surface area contributed by atoms with Gasteiger partial charge >= 0.3 is 0 Å². The molecule has 0 spiro atoms. The number of carbonyl (C=O) groups is 2. The van der Waals surface area contributed by atoms with Gasteiger partial charge in [-0.1, -0.05) is 67.6 Å². The molecule has 1 atom stereocenters. The summed E-state index contributed by atoms with van der Waals surface area (Å²) in [6.07, 6.45) is 1.30. The SMILES string of the molecule is CC(CCC(C(=O)I)(C(=O)I)c1ccccc1)c1ccccc1. The van der Waals surface area contributed by atoms with Crippen LogP contribution >= 0.6 is 45.2 Å². The van der Waals surface area contributed by atoms with E-state index in [1.807, 2.05) is 48.5 Å². The molecule has 2 rings (SSSR count). The zero-order chi connectivity index (χ0) is 16.9. The van der Waals surface area contributed by atoms with E-state index in [0.29, 0.717) is 12.3 Å². The van der Waals surface area contributed by atoms with Gasteiger partial charge < -0.3 is 0 Å². The number of carbonyl (C=O) groups excluding carboxylic acids is 2. The van der Waals surface area contributed by atoms with E-state index in [-0.39, 0.29) is 7.58 Å². The Bertz CT molecular complexity index is 654. The van der Waals surface area contributed by atoms with E-state index in [9.17, 15) is 9.59 Å². The summed E-state index contributed by atoms with van der Waals surface area (Å²) in [5.74, 6) is 0.297. The summed E-state index contributed by atoms with van der Waals surface area (Å²) >= 11 is 3.55. The number of hydrogen-bond acceptors (Lipinski definition) is 2. The molecule has 0 aliphatic heterocycles. The maximum absolute atomic E-state index is 12.4. The molecule has 0 aliphatic carbocycles. The summed E-state index contributed by atoms with van der Waals surface area (Å²) in [7, 11) is 0. The summed E-state index contributed by atoms with van der Waals surface area (Å²) in [5.41, 5.74) is 0.973. The van der Waals surface area contributed by atoms with Gasteiger partial charge in [0.15, 0.2) is 0 Å². The van der Waals surface area contributed by atoms with E-state index < -0.39 is 5.41 Å². The highest BCUT2D eigenvalue weighted by atomic mass is 127. The van der Waals surface area contributed by atoms with Crippen molar-refractivity contribution in [3.05, 3.63) is 71.8 Å². The molecule has 4 heteroatoms. The molecule has 0 fully saturated rings. The Kier molecular flexibility index (Phi) is 6.76. The monoisotopic (exact) mass is 532 g/mol. The predicted molar refractivity (Wildman–Crippen MR) is 110 cm³/mol. The summed E-state index contributed by atoms with van der Waals surface area (Å²) < 4.78 is -0.220. The van der Waals surface area contributed by atoms with E-state index in [4.69, 9.17) is 0 Å². The summed E-state index contributed by atoms with van der Waals surface area (Å²) in [5, 5.41) is 0. The van der Waals surface area contributed by atoms with Crippen molar-refractivity contribution in [3.8, 4) is 0 Å². The molecule has 0 aliphatic rings. The minimum absolute atomic E-state index is 0.110. The quantitative estimate of drug-likeness (QED) is 0.271. The van der Waals surface area contributed by atoms with Crippen molar-refractivity contribution in [1.29, 1.82) is 0 Å². The molecular formula is C19H18I2O2. The lowest BCUT2D eigenvalue weighted by Crippen LogP contribution is -2.38. The Labute approximate surface area is 164 Å². The van der Waals surface area contributed by atoms with Gasteiger partial charge in [-0.2, -0.15) is 0 Å². The minimum atomic E-state index is -1.05. The Morgan fingerprint density at radius 1 is 0.913 bits per heavy atom. The van der Waals surface area contributed by atoms with Crippen molar-refractivity contribution >= 4 is 52.8 Å². The smallest absolute Gasteiger partial charge is 0.211 e. The standard InChI is InChI=1S/C19H18I2O2/c1-14(15-8-4-2-5-9-15)12-13-19(17(20)22,18(21)23)16-10-6-3-7-11-16/h2-11,14H,12-13H2,1H3. The molecule has 0 saturated carbocycles. The van der Waals surface area contributed by atoms with Crippen LogP contribution in [0.5, 0.6) is 0 Å². The Morgan fingerprint density at radius 2 is 1.39 bits per heavy atom. The fourth-order valence-electron chi connectivity index (χ4n) is 2.75. The second-order valence-electron chi connectivity index (χ2n) is 5.67. The third-order valence-corrected chi connectivity index (χ3v) is 6.10. The second-order valence-corrected chi connectivity index (χ2v) is 7.63. The molecule has 120 valence electrons. The van der Waals surface area contributed by atoms with Gasteiger partial charge in [0.05, 0.1) is 0 Å². The van der Waals surface area contributed by atoms with Gasteiger partial charge in [-0.25, -0.2) is 0 Å². The maximum atomic E-state index is 12.4. The highest BCUT2D eigenvalue weighted by Crippen LogP contribution is 2.38. The Balaban J connectivity index is 2.29. The normalized spacial score (nSPS) is 12.7. The van der Waals surface area contributed by atoms with E-state index in [1.54, 1.807) is 45.2 Å². The summed E-state index contributed by atoms with van der Waals surface area (Å²) in [6, 6.07) is 19.6. The number of benzene rings is 2. The van der Waals surface area contributed by atoms with Crippen molar-refractivity contribution in [3.63, 3.8) is 0 Å². The van der Waals surface area contributed by atoms with Crippen LogP contribution in [0.3, 0.4) is 0 Å². The van der Waals surface area contributed by atoms with E-state index in [1.165, 1.54) is 5.56 Å². The largest absolute Gasteiger partial charge is 0.286 e. The first-order chi connectivity index (χ1) is 11.0. The predicted octanol–water partition coefficient (Wildman–Crippen LogP) is 5.43. The molecule has 0 aromatic heterocycles. The van der Waals surface area contributed by atoms with Crippen molar-refractivity contribution in [2.75, 3.05) is 0 Å². The third kappa shape index (κ3) is 4.21. The van der Waals surface area contributed by atoms with E-state index in [2.05, 4.69) is 19.1 Å². The van der Waals surface area contributed by atoms with Crippen LogP contribution in [0, 0.1) is 0 Å². The van der Waals surface area contributed by atoms with Gasteiger partial charge in [-0.05, 0) is 29.9 Å². The first-order valence-corrected chi connectivity index (χ1v) is 9.64. The fraction of sp³-hybridized carbons (Fsp3) is 0.263. The molecule has 0 bridgehead atoms. The molecule has 0 radical (unpaired) electrons. The molecule has 0 amide bonds. The molecule has 0 saturated heterocycles. The number of halogens is 2. The lowest BCUT2D eigenvalue weighted by atomic mass is 9.77. The zero-order valence-corrected chi connectivity index (χ0v) is 17.2. The highest BCUT2D eigenvalue weighted by molar-refractivity contribution is 14.1. The van der Waals surface area contributed by atoms with Crippen LogP contribution in [0.15, 0.2) is 60.7 Å². The van der Waals surface area contributed by atoms with Crippen LogP contribution in [0.25, 0.3) is 0 Å². The van der Waals surface area contributed by atoms with Crippen LogP contribution in [0.4, 0.5) is 0 Å². The average Bonchev–Trinajstić information content (AvgIpc) is 2.56. The van der Waals surface area contributed by atoms with Crippen LogP contribution in [-0.4, -0.2) is 7.58 Å². The van der Waals surface area contributed by atoms with Crippen molar-refractivity contribution in [2.24, 2.45) is 0 Å². The molecule has 0 heterocycles. The van der Waals surface area contributed by atoms with Crippen LogP contribution in [0.2, 0.25) is 0 Å². The maximum Gasteiger partial charge on any atom is 0.211 e. The van der Waals surface area contributed by atoms with E-state index >= 15 is 0 Å². The molecule has 2 aromatic carbocycles.